The van der Waals surface area contributed by atoms with E-state index in [0.717, 1.165) is 11.1 Å². The molecule has 172 valence electrons. The summed E-state index contributed by atoms with van der Waals surface area (Å²) < 4.78 is 33.7. The van der Waals surface area contributed by atoms with E-state index in [2.05, 4.69) is 5.32 Å². The molecule has 1 atom stereocenters. The lowest BCUT2D eigenvalue weighted by Crippen LogP contribution is -2.30. The molecular weight excluding hydrogens is 436 g/mol. The van der Waals surface area contributed by atoms with Crippen molar-refractivity contribution in [3.63, 3.8) is 0 Å². The van der Waals surface area contributed by atoms with E-state index < -0.39 is 10.0 Å². The first-order valence-electron chi connectivity index (χ1n) is 11.1. The first kappa shape index (κ1) is 23.0. The Morgan fingerprint density at radius 2 is 1.79 bits per heavy atom. The lowest BCUT2D eigenvalue weighted by Gasteiger charge is -2.20. The average Bonchev–Trinajstić information content (AvgIpc) is 3.29. The second-order valence-electron chi connectivity index (χ2n) is 8.02. The number of rotatable bonds is 9. The standard InChI is InChI=1S/C26H28N2O4S/c1-20(21-9-3-2-4-10-21)32-18-8-16-27-26(29)23-12-7-13-24(19-23)33(30,31)28-17-15-22-11-5-6-14-25(22)28/h2-7,9-14,19-20H,8,15-18H2,1H3,(H,27,29). The zero-order valence-electron chi connectivity index (χ0n) is 18.6. The van der Waals surface area contributed by atoms with Crippen LogP contribution in [0.5, 0.6) is 0 Å². The highest BCUT2D eigenvalue weighted by molar-refractivity contribution is 7.92. The highest BCUT2D eigenvalue weighted by atomic mass is 32.2. The maximum Gasteiger partial charge on any atom is 0.264 e. The van der Waals surface area contributed by atoms with Crippen molar-refractivity contribution < 1.29 is 17.9 Å². The predicted molar refractivity (Wildman–Crippen MR) is 129 cm³/mol. The number of carbonyl (C=O) groups excluding carboxylic acids is 1. The van der Waals surface area contributed by atoms with E-state index in [1.807, 2.05) is 61.5 Å². The van der Waals surface area contributed by atoms with E-state index in [0.29, 0.717) is 43.8 Å². The van der Waals surface area contributed by atoms with Gasteiger partial charge >= 0.3 is 0 Å². The van der Waals surface area contributed by atoms with Gasteiger partial charge in [0, 0.05) is 25.3 Å². The molecule has 1 heterocycles. The van der Waals surface area contributed by atoms with Gasteiger partial charge in [-0.25, -0.2) is 8.42 Å². The van der Waals surface area contributed by atoms with Gasteiger partial charge in [-0.1, -0.05) is 54.6 Å². The van der Waals surface area contributed by atoms with Gasteiger partial charge in [0.1, 0.15) is 0 Å². The summed E-state index contributed by atoms with van der Waals surface area (Å²) in [7, 11) is -3.74. The van der Waals surface area contributed by atoms with Gasteiger partial charge in [0.25, 0.3) is 15.9 Å². The van der Waals surface area contributed by atoms with Crippen molar-refractivity contribution in [2.75, 3.05) is 24.0 Å². The molecule has 1 unspecified atom stereocenters. The Balaban J connectivity index is 1.32. The number of anilines is 1. The first-order valence-corrected chi connectivity index (χ1v) is 12.6. The number of sulfonamides is 1. The van der Waals surface area contributed by atoms with Gasteiger partial charge in [-0.05, 0) is 55.2 Å². The number of carbonyl (C=O) groups is 1. The highest BCUT2D eigenvalue weighted by Gasteiger charge is 2.30. The molecule has 0 saturated carbocycles. The topological polar surface area (TPSA) is 75.7 Å². The lowest BCUT2D eigenvalue weighted by atomic mass is 10.1. The summed E-state index contributed by atoms with van der Waals surface area (Å²) in [4.78, 5) is 12.7. The van der Waals surface area contributed by atoms with Crippen LogP contribution < -0.4 is 9.62 Å². The summed E-state index contributed by atoms with van der Waals surface area (Å²) in [5, 5.41) is 2.85. The fourth-order valence-electron chi connectivity index (χ4n) is 3.94. The largest absolute Gasteiger partial charge is 0.374 e. The molecule has 0 aromatic heterocycles. The van der Waals surface area contributed by atoms with Crippen molar-refractivity contribution in [1.29, 1.82) is 0 Å². The predicted octanol–water partition coefficient (Wildman–Crippen LogP) is 4.34. The molecule has 0 saturated heterocycles. The van der Waals surface area contributed by atoms with Crippen LogP contribution in [0.1, 0.15) is 40.9 Å². The van der Waals surface area contributed by atoms with Gasteiger partial charge in [-0.2, -0.15) is 0 Å². The number of nitrogens with zero attached hydrogens (tertiary/aromatic N) is 1. The summed E-state index contributed by atoms with van der Waals surface area (Å²) in [5.41, 5.74) is 3.15. The van der Waals surface area contributed by atoms with Crippen molar-refractivity contribution in [3.05, 3.63) is 95.6 Å². The second kappa shape index (κ2) is 10.2. The van der Waals surface area contributed by atoms with E-state index in [9.17, 15) is 13.2 Å². The minimum absolute atomic E-state index is 0.0143. The average molecular weight is 465 g/mol. The minimum Gasteiger partial charge on any atom is -0.374 e. The van der Waals surface area contributed by atoms with Gasteiger partial charge in [-0.3, -0.25) is 9.10 Å². The van der Waals surface area contributed by atoms with Crippen molar-refractivity contribution in [3.8, 4) is 0 Å². The Hall–Kier alpha value is -3.16. The Morgan fingerprint density at radius 1 is 1.03 bits per heavy atom. The summed E-state index contributed by atoms with van der Waals surface area (Å²) in [6.07, 6.45) is 1.32. The maximum atomic E-state index is 13.2. The summed E-state index contributed by atoms with van der Waals surface area (Å²) in [6, 6.07) is 23.7. The fourth-order valence-corrected chi connectivity index (χ4v) is 5.49. The van der Waals surface area contributed by atoms with Crippen LogP contribution in [-0.2, 0) is 21.2 Å². The van der Waals surface area contributed by atoms with Crippen LogP contribution in [0.4, 0.5) is 5.69 Å². The molecule has 0 spiro atoms. The van der Waals surface area contributed by atoms with Crippen LogP contribution in [0.15, 0.2) is 83.8 Å². The van der Waals surface area contributed by atoms with Gasteiger partial charge in [0.2, 0.25) is 0 Å². The van der Waals surface area contributed by atoms with Crippen LogP contribution >= 0.6 is 0 Å². The van der Waals surface area contributed by atoms with E-state index in [1.54, 1.807) is 12.1 Å². The molecule has 1 amide bonds. The fraction of sp³-hybridized carbons (Fsp3) is 0.269. The molecule has 3 aromatic rings. The molecule has 0 radical (unpaired) electrons. The zero-order valence-corrected chi connectivity index (χ0v) is 19.4. The molecule has 3 aromatic carbocycles. The third-order valence-corrected chi connectivity index (χ3v) is 7.58. The Morgan fingerprint density at radius 3 is 2.61 bits per heavy atom. The Kier molecular flexibility index (Phi) is 7.11. The van der Waals surface area contributed by atoms with Crippen LogP contribution in [0.3, 0.4) is 0 Å². The SMILES string of the molecule is CC(OCCCNC(=O)c1cccc(S(=O)(=O)N2CCc3ccccc32)c1)c1ccccc1. The lowest BCUT2D eigenvalue weighted by molar-refractivity contribution is 0.0635. The molecule has 4 rings (SSSR count). The zero-order chi connectivity index (χ0) is 23.3. The smallest absolute Gasteiger partial charge is 0.264 e. The quantitative estimate of drug-likeness (QED) is 0.478. The number of nitrogens with one attached hydrogen (secondary N) is 1. The molecule has 0 bridgehead atoms. The molecule has 7 heteroatoms. The van der Waals surface area contributed by atoms with Crippen LogP contribution in [0.25, 0.3) is 0 Å². The highest BCUT2D eigenvalue weighted by Crippen LogP contribution is 2.32. The van der Waals surface area contributed by atoms with E-state index >= 15 is 0 Å². The monoisotopic (exact) mass is 464 g/mol. The van der Waals surface area contributed by atoms with Crippen LogP contribution in [0, 0.1) is 0 Å². The number of amides is 1. The van der Waals surface area contributed by atoms with Crippen molar-refractivity contribution in [2.24, 2.45) is 0 Å². The third kappa shape index (κ3) is 5.26. The summed E-state index contributed by atoms with van der Waals surface area (Å²) >= 11 is 0. The van der Waals surface area contributed by atoms with Crippen molar-refractivity contribution in [2.45, 2.75) is 30.8 Å². The molecule has 1 N–H and O–H groups in total. The maximum absolute atomic E-state index is 13.2. The van der Waals surface area contributed by atoms with E-state index in [4.69, 9.17) is 4.74 Å². The van der Waals surface area contributed by atoms with Gasteiger partial charge in [0.15, 0.2) is 0 Å². The number of fused-ring (bicyclic) bond motifs is 1. The molecule has 33 heavy (non-hydrogen) atoms. The minimum atomic E-state index is -3.74. The third-order valence-electron chi connectivity index (χ3n) is 5.77. The van der Waals surface area contributed by atoms with Gasteiger partial charge < -0.3 is 10.1 Å². The van der Waals surface area contributed by atoms with Crippen LogP contribution in [0.2, 0.25) is 0 Å². The van der Waals surface area contributed by atoms with Gasteiger partial charge in [-0.15, -0.1) is 0 Å². The number of hydrogen-bond donors (Lipinski definition) is 1. The molecule has 1 aliphatic heterocycles. The Labute approximate surface area is 195 Å². The Bertz CT molecular complexity index is 1210. The molecular formula is C26H28N2O4S. The summed E-state index contributed by atoms with van der Waals surface area (Å²) in [5.74, 6) is -0.301. The first-order chi connectivity index (χ1) is 16.0. The molecule has 6 nitrogen and oxygen atoms in total. The number of hydrogen-bond acceptors (Lipinski definition) is 4. The molecule has 0 fully saturated rings. The number of para-hydroxylation sites is 1. The normalized spacial score (nSPS) is 14.0. The van der Waals surface area contributed by atoms with E-state index in [-0.39, 0.29) is 16.9 Å². The number of benzene rings is 3. The van der Waals surface area contributed by atoms with Crippen molar-refractivity contribution in [1.82, 2.24) is 5.32 Å². The van der Waals surface area contributed by atoms with Gasteiger partial charge in [0.05, 0.1) is 16.7 Å². The number of ether oxygens (including phenoxy) is 1. The second-order valence-corrected chi connectivity index (χ2v) is 9.88. The molecule has 0 aliphatic carbocycles. The van der Waals surface area contributed by atoms with E-state index in [1.165, 1.54) is 16.4 Å². The summed E-state index contributed by atoms with van der Waals surface area (Å²) in [6.45, 7) is 3.36. The van der Waals surface area contributed by atoms with Crippen LogP contribution in [-0.4, -0.2) is 34.0 Å². The molecule has 1 aliphatic rings. The van der Waals surface area contributed by atoms with Crippen molar-refractivity contribution >= 4 is 21.6 Å².